The van der Waals surface area contributed by atoms with Crippen LogP contribution >= 0.6 is 0 Å². The molecule has 5 nitrogen and oxygen atoms in total. The molecule has 0 unspecified atom stereocenters. The molecule has 0 aliphatic carbocycles. The molecule has 2 heterocycles. The van der Waals surface area contributed by atoms with Crippen LogP contribution < -0.4 is 5.32 Å². The molecule has 0 bridgehead atoms. The Balaban J connectivity index is 1.48. The number of para-hydroxylation sites is 1. The Kier molecular flexibility index (Phi) is 4.77. The number of hydrogen-bond acceptors (Lipinski definition) is 3. The molecule has 1 aromatic heterocycles. The average molecular weight is 360 g/mol. The highest BCUT2D eigenvalue weighted by atomic mass is 16.2. The molecule has 4 rings (SSSR count). The molecule has 1 saturated heterocycles. The molecular weight excluding hydrogens is 336 g/mol. The fourth-order valence-electron chi connectivity index (χ4n) is 3.70. The van der Waals surface area contributed by atoms with Gasteiger partial charge in [-0.15, -0.1) is 0 Å². The topological polar surface area (TPSA) is 61.0 Å². The molecule has 0 saturated carbocycles. The van der Waals surface area contributed by atoms with Gasteiger partial charge in [0.1, 0.15) is 0 Å². The van der Waals surface area contributed by atoms with Crippen molar-refractivity contribution in [1.29, 1.82) is 0 Å². The maximum atomic E-state index is 12.8. The molecule has 1 amide bonds. The highest BCUT2D eigenvalue weighted by Gasteiger charge is 2.25. The zero-order chi connectivity index (χ0) is 18.8. The van der Waals surface area contributed by atoms with Crippen LogP contribution in [-0.2, 0) is 0 Å². The van der Waals surface area contributed by atoms with E-state index in [0.29, 0.717) is 12.1 Å². The summed E-state index contributed by atoms with van der Waals surface area (Å²) >= 11 is 0. The van der Waals surface area contributed by atoms with Gasteiger partial charge >= 0.3 is 0 Å². The molecule has 2 atom stereocenters. The van der Waals surface area contributed by atoms with Crippen LogP contribution in [0, 0.1) is 0 Å². The Morgan fingerprint density at radius 2 is 1.74 bits per heavy atom. The number of nitrogens with zero attached hydrogens (tertiary/aromatic N) is 2. The van der Waals surface area contributed by atoms with Crippen molar-refractivity contribution in [2.24, 2.45) is 0 Å². The molecule has 138 valence electrons. The summed E-state index contributed by atoms with van der Waals surface area (Å²) in [6.07, 6.45) is 4.02. The number of carbonyl (C=O) groups is 1. The lowest BCUT2D eigenvalue weighted by Gasteiger charge is -2.36. The van der Waals surface area contributed by atoms with Gasteiger partial charge in [0.15, 0.2) is 0 Å². The lowest BCUT2D eigenvalue weighted by atomic mass is 10.1. The summed E-state index contributed by atoms with van der Waals surface area (Å²) in [4.78, 5) is 14.7. The second-order valence-electron chi connectivity index (χ2n) is 7.29. The molecule has 2 aromatic carbocycles. The van der Waals surface area contributed by atoms with Crippen LogP contribution in [0.15, 0.2) is 48.5 Å². The van der Waals surface area contributed by atoms with E-state index < -0.39 is 0 Å². The van der Waals surface area contributed by atoms with Crippen LogP contribution in [0.3, 0.4) is 0 Å². The number of hydrogen-bond donors (Lipinski definition) is 2. The number of nitrogens with one attached hydrogen (secondary N) is 2. The Hall–Kier alpha value is -2.92. The molecule has 27 heavy (non-hydrogen) atoms. The SMILES string of the molecule is C[C@H]1CN(C(=O)c2ccc(/C=C/c3n[nH]c4ccccc34)cc2)C[C@H](C)N1. The zero-order valence-electron chi connectivity index (χ0n) is 15.6. The van der Waals surface area contributed by atoms with E-state index in [0.717, 1.165) is 40.8 Å². The first kappa shape index (κ1) is 17.5. The number of carbonyl (C=O) groups excluding carboxylic acids is 1. The largest absolute Gasteiger partial charge is 0.336 e. The van der Waals surface area contributed by atoms with E-state index >= 15 is 0 Å². The summed E-state index contributed by atoms with van der Waals surface area (Å²) in [5.41, 5.74) is 3.71. The highest BCUT2D eigenvalue weighted by Crippen LogP contribution is 2.18. The minimum atomic E-state index is 0.101. The smallest absolute Gasteiger partial charge is 0.253 e. The summed E-state index contributed by atoms with van der Waals surface area (Å²) in [7, 11) is 0. The number of rotatable bonds is 3. The van der Waals surface area contributed by atoms with Gasteiger partial charge in [-0.05, 0) is 43.7 Å². The monoisotopic (exact) mass is 360 g/mol. The van der Waals surface area contributed by atoms with Gasteiger partial charge in [0, 0.05) is 36.1 Å². The van der Waals surface area contributed by atoms with E-state index in [2.05, 4.69) is 35.4 Å². The number of fused-ring (bicyclic) bond motifs is 1. The predicted octanol–water partition coefficient (Wildman–Crippen LogP) is 3.56. The maximum Gasteiger partial charge on any atom is 0.253 e. The molecule has 1 aliphatic heterocycles. The lowest BCUT2D eigenvalue weighted by molar-refractivity contribution is 0.0674. The van der Waals surface area contributed by atoms with Gasteiger partial charge in [-0.1, -0.05) is 36.4 Å². The quantitative estimate of drug-likeness (QED) is 0.751. The van der Waals surface area contributed by atoms with Crippen LogP contribution in [0.1, 0.15) is 35.5 Å². The molecule has 1 fully saturated rings. The van der Waals surface area contributed by atoms with Gasteiger partial charge in [-0.25, -0.2) is 0 Å². The molecule has 2 N–H and O–H groups in total. The lowest BCUT2D eigenvalue weighted by Crippen LogP contribution is -2.55. The Morgan fingerprint density at radius 3 is 2.48 bits per heavy atom. The molecule has 0 spiro atoms. The van der Waals surface area contributed by atoms with E-state index in [1.165, 1.54) is 0 Å². The number of amides is 1. The van der Waals surface area contributed by atoms with Gasteiger partial charge in [0.05, 0.1) is 11.2 Å². The van der Waals surface area contributed by atoms with Crippen molar-refractivity contribution in [3.8, 4) is 0 Å². The van der Waals surface area contributed by atoms with E-state index in [4.69, 9.17) is 0 Å². The number of benzene rings is 2. The fraction of sp³-hybridized carbons (Fsp3) is 0.273. The molecule has 0 radical (unpaired) electrons. The van der Waals surface area contributed by atoms with Gasteiger partial charge in [0.25, 0.3) is 5.91 Å². The van der Waals surface area contributed by atoms with Gasteiger partial charge in [-0.3, -0.25) is 9.89 Å². The first-order valence-electron chi connectivity index (χ1n) is 9.37. The summed E-state index contributed by atoms with van der Waals surface area (Å²) < 4.78 is 0. The normalized spacial score (nSPS) is 20.4. The minimum absolute atomic E-state index is 0.101. The Bertz CT molecular complexity index is 963. The second-order valence-corrected chi connectivity index (χ2v) is 7.29. The second kappa shape index (κ2) is 7.37. The Morgan fingerprint density at radius 1 is 1.04 bits per heavy atom. The van der Waals surface area contributed by atoms with Crippen LogP contribution in [0.4, 0.5) is 0 Å². The van der Waals surface area contributed by atoms with Crippen molar-refractivity contribution in [2.75, 3.05) is 13.1 Å². The van der Waals surface area contributed by atoms with Crippen molar-refractivity contribution in [3.05, 3.63) is 65.4 Å². The van der Waals surface area contributed by atoms with Crippen molar-refractivity contribution < 1.29 is 4.79 Å². The third-order valence-corrected chi connectivity index (χ3v) is 4.94. The predicted molar refractivity (Wildman–Crippen MR) is 109 cm³/mol. The van der Waals surface area contributed by atoms with E-state index in [1.54, 1.807) is 0 Å². The number of piperazine rings is 1. The molecular formula is C22H24N4O. The average Bonchev–Trinajstić information content (AvgIpc) is 3.09. The van der Waals surface area contributed by atoms with Crippen LogP contribution in [0.5, 0.6) is 0 Å². The van der Waals surface area contributed by atoms with Crippen molar-refractivity contribution in [1.82, 2.24) is 20.4 Å². The van der Waals surface area contributed by atoms with E-state index in [-0.39, 0.29) is 5.91 Å². The van der Waals surface area contributed by atoms with E-state index in [1.807, 2.05) is 59.5 Å². The fourth-order valence-corrected chi connectivity index (χ4v) is 3.70. The Labute approximate surface area is 159 Å². The summed E-state index contributed by atoms with van der Waals surface area (Å²) in [6, 6.07) is 16.5. The first-order valence-corrected chi connectivity index (χ1v) is 9.37. The summed E-state index contributed by atoms with van der Waals surface area (Å²) in [6.45, 7) is 5.72. The molecule has 3 aromatic rings. The van der Waals surface area contributed by atoms with E-state index in [9.17, 15) is 4.79 Å². The number of H-pyrrole nitrogens is 1. The van der Waals surface area contributed by atoms with Crippen LogP contribution in [-0.4, -0.2) is 46.2 Å². The zero-order valence-corrected chi connectivity index (χ0v) is 15.6. The summed E-state index contributed by atoms with van der Waals surface area (Å²) in [5, 5.41) is 11.9. The number of aromatic amines is 1. The third kappa shape index (κ3) is 3.78. The van der Waals surface area contributed by atoms with Crippen molar-refractivity contribution in [3.63, 3.8) is 0 Å². The summed E-state index contributed by atoms with van der Waals surface area (Å²) in [5.74, 6) is 0.101. The standard InChI is InChI=1S/C22H24N4O/c1-15-13-26(14-16(2)23-15)22(27)18-10-7-17(8-11-18)9-12-21-19-5-3-4-6-20(19)24-25-21/h3-12,15-16,23H,13-14H2,1-2H3,(H,24,25)/b12-9+/t15-,16-/m0/s1. The van der Waals surface area contributed by atoms with Gasteiger partial charge in [-0.2, -0.15) is 5.10 Å². The van der Waals surface area contributed by atoms with Gasteiger partial charge < -0.3 is 10.2 Å². The minimum Gasteiger partial charge on any atom is -0.336 e. The van der Waals surface area contributed by atoms with Gasteiger partial charge in [0.2, 0.25) is 0 Å². The van der Waals surface area contributed by atoms with Crippen LogP contribution in [0.2, 0.25) is 0 Å². The van der Waals surface area contributed by atoms with Crippen molar-refractivity contribution >= 4 is 29.0 Å². The third-order valence-electron chi connectivity index (χ3n) is 4.94. The van der Waals surface area contributed by atoms with Crippen molar-refractivity contribution in [2.45, 2.75) is 25.9 Å². The molecule has 5 heteroatoms. The highest BCUT2D eigenvalue weighted by molar-refractivity contribution is 5.95. The van der Waals surface area contributed by atoms with Crippen LogP contribution in [0.25, 0.3) is 23.1 Å². The molecule has 1 aliphatic rings. The maximum absolute atomic E-state index is 12.8. The number of aromatic nitrogens is 2. The first-order chi connectivity index (χ1) is 13.1.